The number of nitrogens with one attached hydrogen (secondary N) is 2. The van der Waals surface area contributed by atoms with E-state index in [4.69, 9.17) is 0 Å². The molecule has 0 unspecified atom stereocenters. The average Bonchev–Trinajstić information content (AvgIpc) is 2.19. The van der Waals surface area contributed by atoms with Crippen LogP contribution in [0.3, 0.4) is 0 Å². The second-order valence-electron chi connectivity index (χ2n) is 3.74. The molecule has 1 heterocycles. The maximum Gasteiger partial charge on any atom is 0.128 e. The lowest BCUT2D eigenvalue weighted by Crippen LogP contribution is -2.42. The molecule has 0 spiro atoms. The van der Waals surface area contributed by atoms with Gasteiger partial charge in [0.15, 0.2) is 0 Å². The minimum atomic E-state index is -0.105. The molecule has 1 aliphatic heterocycles. The number of hydrogen-bond donors (Lipinski definition) is 2. The molecular weight excluding hydrogens is 215 g/mol. The molecule has 2 nitrogen and oxygen atoms in total. The summed E-state index contributed by atoms with van der Waals surface area (Å²) in [7, 11) is 0. The molecule has 0 radical (unpaired) electrons. The largest absolute Gasteiger partial charge is 0.314 e. The second kappa shape index (κ2) is 5.45. The SMILES string of the molecule is Cc1ccc([C@H]2CNCCN2)c(F)c1.Cl. The van der Waals surface area contributed by atoms with Gasteiger partial charge in [-0.2, -0.15) is 0 Å². The van der Waals surface area contributed by atoms with Crippen LogP contribution in [0.1, 0.15) is 17.2 Å². The normalized spacial score (nSPS) is 20.8. The van der Waals surface area contributed by atoms with E-state index in [1.807, 2.05) is 19.1 Å². The summed E-state index contributed by atoms with van der Waals surface area (Å²) in [5, 5.41) is 6.54. The van der Waals surface area contributed by atoms with Crippen molar-refractivity contribution in [1.82, 2.24) is 10.6 Å². The predicted molar refractivity (Wildman–Crippen MR) is 62.0 cm³/mol. The van der Waals surface area contributed by atoms with Crippen LogP contribution in [0.15, 0.2) is 18.2 Å². The van der Waals surface area contributed by atoms with Gasteiger partial charge in [-0.1, -0.05) is 12.1 Å². The van der Waals surface area contributed by atoms with E-state index in [9.17, 15) is 4.39 Å². The highest BCUT2D eigenvalue weighted by atomic mass is 35.5. The van der Waals surface area contributed by atoms with Gasteiger partial charge >= 0.3 is 0 Å². The Morgan fingerprint density at radius 2 is 2.13 bits per heavy atom. The highest BCUT2D eigenvalue weighted by molar-refractivity contribution is 5.85. The molecule has 0 saturated carbocycles. The second-order valence-corrected chi connectivity index (χ2v) is 3.74. The predicted octanol–water partition coefficient (Wildman–Crippen LogP) is 1.79. The topological polar surface area (TPSA) is 24.1 Å². The van der Waals surface area contributed by atoms with E-state index in [1.54, 1.807) is 6.07 Å². The molecule has 1 fully saturated rings. The summed E-state index contributed by atoms with van der Waals surface area (Å²) in [6.07, 6.45) is 0. The van der Waals surface area contributed by atoms with Crippen molar-refractivity contribution in [2.24, 2.45) is 0 Å². The molecule has 15 heavy (non-hydrogen) atoms. The Labute approximate surface area is 95.7 Å². The monoisotopic (exact) mass is 230 g/mol. The van der Waals surface area contributed by atoms with Crippen LogP contribution in [0.25, 0.3) is 0 Å². The van der Waals surface area contributed by atoms with Crippen LogP contribution in [-0.2, 0) is 0 Å². The van der Waals surface area contributed by atoms with E-state index in [0.717, 1.165) is 30.8 Å². The van der Waals surface area contributed by atoms with Gasteiger partial charge < -0.3 is 10.6 Å². The Kier molecular flexibility index (Phi) is 4.51. The van der Waals surface area contributed by atoms with Gasteiger partial charge in [0.05, 0.1) is 0 Å². The van der Waals surface area contributed by atoms with Crippen LogP contribution in [0.2, 0.25) is 0 Å². The molecule has 1 aliphatic rings. The third kappa shape index (κ3) is 2.91. The summed E-state index contributed by atoms with van der Waals surface area (Å²) < 4.78 is 13.6. The van der Waals surface area contributed by atoms with Crippen molar-refractivity contribution in [3.8, 4) is 0 Å². The number of rotatable bonds is 1. The molecule has 0 aliphatic carbocycles. The minimum absolute atomic E-state index is 0. The number of aryl methyl sites for hydroxylation is 1. The molecule has 0 aromatic heterocycles. The van der Waals surface area contributed by atoms with Gasteiger partial charge in [-0.3, -0.25) is 0 Å². The Morgan fingerprint density at radius 3 is 2.73 bits per heavy atom. The highest BCUT2D eigenvalue weighted by Gasteiger charge is 2.17. The molecule has 2 rings (SSSR count). The molecule has 1 aromatic carbocycles. The summed E-state index contributed by atoms with van der Waals surface area (Å²) in [5.41, 5.74) is 1.73. The molecule has 84 valence electrons. The van der Waals surface area contributed by atoms with E-state index in [0.29, 0.717) is 0 Å². The molecule has 1 aromatic rings. The van der Waals surface area contributed by atoms with Gasteiger partial charge in [-0.05, 0) is 18.6 Å². The maximum atomic E-state index is 13.6. The summed E-state index contributed by atoms with van der Waals surface area (Å²) in [4.78, 5) is 0. The molecule has 2 N–H and O–H groups in total. The Bertz CT molecular complexity index is 324. The van der Waals surface area contributed by atoms with Crippen LogP contribution in [0.4, 0.5) is 4.39 Å². The van der Waals surface area contributed by atoms with Crippen LogP contribution in [0, 0.1) is 12.7 Å². The van der Waals surface area contributed by atoms with E-state index in [-0.39, 0.29) is 24.3 Å². The van der Waals surface area contributed by atoms with Gasteiger partial charge in [-0.15, -0.1) is 12.4 Å². The van der Waals surface area contributed by atoms with Gasteiger partial charge in [0.1, 0.15) is 5.82 Å². The van der Waals surface area contributed by atoms with Crippen LogP contribution in [-0.4, -0.2) is 19.6 Å². The third-order valence-electron chi connectivity index (χ3n) is 2.57. The smallest absolute Gasteiger partial charge is 0.128 e. The zero-order valence-corrected chi connectivity index (χ0v) is 9.53. The third-order valence-corrected chi connectivity index (χ3v) is 2.57. The lowest BCUT2D eigenvalue weighted by Gasteiger charge is -2.25. The first-order valence-electron chi connectivity index (χ1n) is 4.97. The standard InChI is InChI=1S/C11H15FN2.ClH/c1-8-2-3-9(10(12)6-8)11-7-13-4-5-14-11;/h2-3,6,11,13-14H,4-5,7H2,1H3;1H/t11-;/m1./s1. The van der Waals surface area contributed by atoms with Gasteiger partial charge in [0.25, 0.3) is 0 Å². The summed E-state index contributed by atoms with van der Waals surface area (Å²) in [6.45, 7) is 4.57. The first kappa shape index (κ1) is 12.4. The van der Waals surface area contributed by atoms with Crippen molar-refractivity contribution in [2.45, 2.75) is 13.0 Å². The number of halogens is 2. The van der Waals surface area contributed by atoms with E-state index in [2.05, 4.69) is 10.6 Å². The van der Waals surface area contributed by atoms with Crippen molar-refractivity contribution < 1.29 is 4.39 Å². The molecule has 0 bridgehead atoms. The van der Waals surface area contributed by atoms with Crippen molar-refractivity contribution in [3.63, 3.8) is 0 Å². The van der Waals surface area contributed by atoms with E-state index < -0.39 is 0 Å². The van der Waals surface area contributed by atoms with Crippen LogP contribution < -0.4 is 10.6 Å². The fourth-order valence-electron chi connectivity index (χ4n) is 1.79. The fourth-order valence-corrected chi connectivity index (χ4v) is 1.79. The summed E-state index contributed by atoms with van der Waals surface area (Å²) in [6, 6.07) is 5.53. The molecule has 4 heteroatoms. The van der Waals surface area contributed by atoms with E-state index in [1.165, 1.54) is 0 Å². The Hall–Kier alpha value is -0.640. The zero-order chi connectivity index (χ0) is 9.97. The lowest BCUT2D eigenvalue weighted by atomic mass is 10.0. The summed E-state index contributed by atoms with van der Waals surface area (Å²) in [5.74, 6) is -0.105. The van der Waals surface area contributed by atoms with Crippen molar-refractivity contribution in [1.29, 1.82) is 0 Å². The van der Waals surface area contributed by atoms with E-state index >= 15 is 0 Å². The van der Waals surface area contributed by atoms with Crippen molar-refractivity contribution >= 4 is 12.4 Å². The molecule has 1 atom stereocenters. The van der Waals surface area contributed by atoms with Gasteiger partial charge in [-0.25, -0.2) is 4.39 Å². The molecule has 1 saturated heterocycles. The Morgan fingerprint density at radius 1 is 1.33 bits per heavy atom. The molecular formula is C11H16ClFN2. The van der Waals surface area contributed by atoms with Gasteiger partial charge in [0, 0.05) is 31.2 Å². The maximum absolute atomic E-state index is 13.6. The highest BCUT2D eigenvalue weighted by Crippen LogP contribution is 2.18. The molecule has 0 amide bonds. The first-order valence-corrected chi connectivity index (χ1v) is 4.97. The average molecular weight is 231 g/mol. The minimum Gasteiger partial charge on any atom is -0.314 e. The zero-order valence-electron chi connectivity index (χ0n) is 8.72. The van der Waals surface area contributed by atoms with Crippen LogP contribution >= 0.6 is 12.4 Å². The fraction of sp³-hybridized carbons (Fsp3) is 0.455. The summed E-state index contributed by atoms with van der Waals surface area (Å²) >= 11 is 0. The first-order chi connectivity index (χ1) is 6.77. The van der Waals surface area contributed by atoms with Crippen molar-refractivity contribution in [3.05, 3.63) is 35.1 Å². The lowest BCUT2D eigenvalue weighted by molar-refractivity contribution is 0.416. The number of hydrogen-bond acceptors (Lipinski definition) is 2. The quantitative estimate of drug-likeness (QED) is 0.769. The van der Waals surface area contributed by atoms with Gasteiger partial charge in [0.2, 0.25) is 0 Å². The van der Waals surface area contributed by atoms with Crippen molar-refractivity contribution in [2.75, 3.05) is 19.6 Å². The number of piperazine rings is 1. The van der Waals surface area contributed by atoms with Crippen LogP contribution in [0.5, 0.6) is 0 Å². The Balaban J connectivity index is 0.00000112. The number of benzene rings is 1.